The lowest BCUT2D eigenvalue weighted by molar-refractivity contribution is -0.132. The van der Waals surface area contributed by atoms with Gasteiger partial charge in [0.15, 0.2) is 0 Å². The Balaban J connectivity index is 1.57. The maximum absolute atomic E-state index is 13.4. The first kappa shape index (κ1) is 17.7. The molecule has 29 heavy (non-hydrogen) atoms. The maximum atomic E-state index is 13.4. The molecule has 2 aromatic heterocycles. The van der Waals surface area contributed by atoms with E-state index >= 15 is 0 Å². The fourth-order valence-electron chi connectivity index (χ4n) is 4.45. The van der Waals surface area contributed by atoms with Crippen LogP contribution in [0.25, 0.3) is 10.9 Å². The van der Waals surface area contributed by atoms with Gasteiger partial charge in [0.25, 0.3) is 0 Å². The Morgan fingerprint density at radius 1 is 1.10 bits per heavy atom. The van der Waals surface area contributed by atoms with Crippen molar-refractivity contribution >= 4 is 16.8 Å². The van der Waals surface area contributed by atoms with Gasteiger partial charge in [-0.2, -0.15) is 0 Å². The zero-order valence-corrected chi connectivity index (χ0v) is 16.4. The number of carbonyl (C=O) groups is 1. The summed E-state index contributed by atoms with van der Waals surface area (Å²) in [6, 6.07) is 22.3. The fourth-order valence-corrected chi connectivity index (χ4v) is 4.45. The lowest BCUT2D eigenvalue weighted by Gasteiger charge is -2.35. The summed E-state index contributed by atoms with van der Waals surface area (Å²) in [6.45, 7) is 2.75. The van der Waals surface area contributed by atoms with Crippen molar-refractivity contribution in [1.29, 1.82) is 0 Å². The summed E-state index contributed by atoms with van der Waals surface area (Å²) in [5.41, 5.74) is 6.64. The molecule has 3 heterocycles. The van der Waals surface area contributed by atoms with Gasteiger partial charge >= 0.3 is 0 Å². The second kappa shape index (κ2) is 7.21. The molecule has 1 aliphatic heterocycles. The van der Waals surface area contributed by atoms with Crippen LogP contribution < -0.4 is 0 Å². The number of carbonyl (C=O) groups excluding carboxylic acids is 1. The molecular formula is C25H23N3O. The number of fused-ring (bicyclic) bond motifs is 3. The summed E-state index contributed by atoms with van der Waals surface area (Å²) >= 11 is 0. The Morgan fingerprint density at radius 3 is 2.79 bits per heavy atom. The number of aryl methyl sites for hydroxylation is 1. The molecule has 4 aromatic rings. The maximum Gasteiger partial charge on any atom is 0.227 e. The SMILES string of the molecule is Cc1cccc(CC(=O)N2CCc3c([nH]c4ccccc34)[C@H]2c2ccccn2)c1. The van der Waals surface area contributed by atoms with Crippen molar-refractivity contribution in [3.8, 4) is 0 Å². The highest BCUT2D eigenvalue weighted by Gasteiger charge is 2.35. The molecule has 1 aliphatic rings. The highest BCUT2D eigenvalue weighted by atomic mass is 16.2. The topological polar surface area (TPSA) is 49.0 Å². The number of aromatic nitrogens is 2. The molecule has 1 amide bonds. The van der Waals surface area contributed by atoms with Crippen LogP contribution in [0, 0.1) is 6.92 Å². The summed E-state index contributed by atoms with van der Waals surface area (Å²) < 4.78 is 0. The van der Waals surface area contributed by atoms with Gasteiger partial charge < -0.3 is 9.88 Å². The van der Waals surface area contributed by atoms with Crippen LogP contribution in [-0.2, 0) is 17.6 Å². The molecule has 144 valence electrons. The molecule has 0 saturated heterocycles. The molecule has 2 aromatic carbocycles. The number of benzene rings is 2. The number of nitrogens with one attached hydrogen (secondary N) is 1. The third kappa shape index (κ3) is 3.21. The van der Waals surface area contributed by atoms with E-state index in [0.29, 0.717) is 13.0 Å². The number of nitrogens with zero attached hydrogens (tertiary/aromatic N) is 2. The predicted octanol–water partition coefficient (Wildman–Crippen LogP) is 4.59. The lowest BCUT2D eigenvalue weighted by atomic mass is 9.94. The van der Waals surface area contributed by atoms with E-state index in [1.807, 2.05) is 41.3 Å². The molecule has 4 heteroatoms. The van der Waals surface area contributed by atoms with Crippen LogP contribution in [0.2, 0.25) is 0 Å². The highest BCUT2D eigenvalue weighted by molar-refractivity contribution is 5.87. The first-order valence-corrected chi connectivity index (χ1v) is 10.1. The van der Waals surface area contributed by atoms with Gasteiger partial charge in [0.2, 0.25) is 5.91 Å². The minimum Gasteiger partial charge on any atom is -0.356 e. The van der Waals surface area contributed by atoms with Crippen LogP contribution in [0.4, 0.5) is 0 Å². The minimum absolute atomic E-state index is 0.135. The minimum atomic E-state index is -0.190. The number of pyridine rings is 1. The standard InChI is InChI=1S/C25H23N3O/c1-17-7-6-8-18(15-17)16-23(29)28-14-12-20-19-9-2-3-10-21(19)27-24(20)25(28)22-11-4-5-13-26-22/h2-11,13,15,25,27H,12,14,16H2,1H3/t25-/m1/s1. The first-order chi connectivity index (χ1) is 14.2. The van der Waals surface area contributed by atoms with Crippen LogP contribution in [-0.4, -0.2) is 27.3 Å². The molecule has 0 bridgehead atoms. The Morgan fingerprint density at radius 2 is 1.97 bits per heavy atom. The Hall–Kier alpha value is -3.40. The molecule has 0 unspecified atom stereocenters. The fraction of sp³-hybridized carbons (Fsp3) is 0.200. The van der Waals surface area contributed by atoms with Gasteiger partial charge in [-0.1, -0.05) is 54.1 Å². The van der Waals surface area contributed by atoms with Crippen LogP contribution in [0.1, 0.15) is 34.1 Å². The molecule has 1 N–H and O–H groups in total. The molecule has 0 radical (unpaired) electrons. The Labute approximate surface area is 170 Å². The van der Waals surface area contributed by atoms with Gasteiger partial charge in [-0.25, -0.2) is 0 Å². The van der Waals surface area contributed by atoms with Crippen molar-refractivity contribution in [1.82, 2.24) is 14.9 Å². The number of aromatic amines is 1. The van der Waals surface area contributed by atoms with Gasteiger partial charge in [0.05, 0.1) is 12.1 Å². The Kier molecular flexibility index (Phi) is 4.39. The van der Waals surface area contributed by atoms with E-state index < -0.39 is 0 Å². The zero-order valence-electron chi connectivity index (χ0n) is 16.4. The number of para-hydroxylation sites is 1. The quantitative estimate of drug-likeness (QED) is 0.564. The third-order valence-corrected chi connectivity index (χ3v) is 5.76. The van der Waals surface area contributed by atoms with Gasteiger partial charge in [-0.05, 0) is 42.7 Å². The second-order valence-corrected chi connectivity index (χ2v) is 7.72. The molecule has 0 aliphatic carbocycles. The van der Waals surface area contributed by atoms with Crippen molar-refractivity contribution in [2.75, 3.05) is 6.54 Å². The molecule has 5 rings (SSSR count). The first-order valence-electron chi connectivity index (χ1n) is 10.1. The van der Waals surface area contributed by atoms with E-state index in [-0.39, 0.29) is 11.9 Å². The average molecular weight is 381 g/mol. The van der Waals surface area contributed by atoms with Crippen LogP contribution in [0.3, 0.4) is 0 Å². The summed E-state index contributed by atoms with van der Waals surface area (Å²) in [7, 11) is 0. The van der Waals surface area contributed by atoms with E-state index in [1.165, 1.54) is 16.5 Å². The van der Waals surface area contributed by atoms with Crippen molar-refractivity contribution in [3.63, 3.8) is 0 Å². The van der Waals surface area contributed by atoms with E-state index in [9.17, 15) is 4.79 Å². The van der Waals surface area contributed by atoms with Gasteiger partial charge in [-0.15, -0.1) is 0 Å². The summed E-state index contributed by atoms with van der Waals surface area (Å²) in [6.07, 6.45) is 3.05. The van der Waals surface area contributed by atoms with Crippen LogP contribution in [0.15, 0.2) is 72.9 Å². The summed E-state index contributed by atoms with van der Waals surface area (Å²) in [5.74, 6) is 0.135. The number of hydrogen-bond donors (Lipinski definition) is 1. The number of hydrogen-bond acceptors (Lipinski definition) is 2. The van der Waals surface area contributed by atoms with Crippen molar-refractivity contribution in [2.24, 2.45) is 0 Å². The largest absolute Gasteiger partial charge is 0.356 e. The molecule has 0 saturated carbocycles. The second-order valence-electron chi connectivity index (χ2n) is 7.72. The zero-order chi connectivity index (χ0) is 19.8. The smallest absolute Gasteiger partial charge is 0.227 e. The van der Waals surface area contributed by atoms with E-state index in [1.54, 1.807) is 6.20 Å². The Bertz CT molecular complexity index is 1180. The molecule has 1 atom stereocenters. The lowest BCUT2D eigenvalue weighted by Crippen LogP contribution is -2.41. The van der Waals surface area contributed by atoms with E-state index in [0.717, 1.165) is 28.9 Å². The van der Waals surface area contributed by atoms with Gasteiger partial charge in [0, 0.05) is 29.3 Å². The predicted molar refractivity (Wildman–Crippen MR) is 115 cm³/mol. The van der Waals surface area contributed by atoms with Gasteiger partial charge in [-0.3, -0.25) is 9.78 Å². The number of amides is 1. The molecule has 4 nitrogen and oxygen atoms in total. The molecule has 0 spiro atoms. The van der Waals surface area contributed by atoms with E-state index in [2.05, 4.69) is 47.2 Å². The number of rotatable bonds is 3. The van der Waals surface area contributed by atoms with Crippen molar-refractivity contribution in [3.05, 3.63) is 101 Å². The van der Waals surface area contributed by atoms with Crippen molar-refractivity contribution < 1.29 is 4.79 Å². The molecular weight excluding hydrogens is 358 g/mol. The molecule has 0 fully saturated rings. The van der Waals surface area contributed by atoms with Crippen LogP contribution in [0.5, 0.6) is 0 Å². The summed E-state index contributed by atoms with van der Waals surface area (Å²) in [4.78, 5) is 23.6. The third-order valence-electron chi connectivity index (χ3n) is 5.76. The normalized spacial score (nSPS) is 16.0. The van der Waals surface area contributed by atoms with Crippen molar-refractivity contribution in [2.45, 2.75) is 25.8 Å². The highest BCUT2D eigenvalue weighted by Crippen LogP contribution is 2.37. The van der Waals surface area contributed by atoms with Crippen LogP contribution >= 0.6 is 0 Å². The van der Waals surface area contributed by atoms with Gasteiger partial charge in [0.1, 0.15) is 6.04 Å². The van der Waals surface area contributed by atoms with E-state index in [4.69, 9.17) is 0 Å². The monoisotopic (exact) mass is 381 g/mol. The average Bonchev–Trinajstić information content (AvgIpc) is 3.12. The number of H-pyrrole nitrogens is 1. The summed E-state index contributed by atoms with van der Waals surface area (Å²) in [5, 5.41) is 1.24.